The Morgan fingerprint density at radius 2 is 1.82 bits per heavy atom. The van der Waals surface area contributed by atoms with Crippen molar-refractivity contribution in [1.82, 2.24) is 9.03 Å². The van der Waals surface area contributed by atoms with Crippen LogP contribution in [0.15, 0.2) is 28.0 Å². The Bertz CT molecular complexity index is 807. The molecule has 0 amide bonds. The van der Waals surface area contributed by atoms with Gasteiger partial charge in [0.2, 0.25) is 20.0 Å². The predicted molar refractivity (Wildman–Crippen MR) is 82.5 cm³/mol. The van der Waals surface area contributed by atoms with Crippen molar-refractivity contribution in [3.63, 3.8) is 0 Å². The summed E-state index contributed by atoms with van der Waals surface area (Å²) in [6.45, 7) is 0. The predicted octanol–water partition coefficient (Wildman–Crippen LogP) is 1.08. The molecule has 2 aliphatic rings. The molecular weight excluding hydrogens is 324 g/mol. The number of rotatable bonds is 2. The molecule has 8 heteroatoms. The summed E-state index contributed by atoms with van der Waals surface area (Å²) in [5.41, 5.74) is 0.326. The van der Waals surface area contributed by atoms with Gasteiger partial charge in [-0.2, -0.15) is 0 Å². The summed E-state index contributed by atoms with van der Waals surface area (Å²) in [7, 11) is -4.47. The Morgan fingerprint density at radius 3 is 2.41 bits per heavy atom. The van der Waals surface area contributed by atoms with E-state index < -0.39 is 20.0 Å². The monoisotopic (exact) mass is 344 g/mol. The number of hydrogen-bond donors (Lipinski definition) is 1. The van der Waals surface area contributed by atoms with Gasteiger partial charge in [0.15, 0.2) is 0 Å². The molecule has 0 bridgehead atoms. The molecule has 1 aromatic carbocycles. The first-order valence-electron chi connectivity index (χ1n) is 7.26. The molecule has 22 heavy (non-hydrogen) atoms. The van der Waals surface area contributed by atoms with Crippen molar-refractivity contribution in [3.05, 3.63) is 23.8 Å². The van der Waals surface area contributed by atoms with Gasteiger partial charge in [-0.3, -0.25) is 0 Å². The highest BCUT2D eigenvalue weighted by Gasteiger charge is 2.43. The molecule has 122 valence electrons. The van der Waals surface area contributed by atoms with Crippen LogP contribution in [0.3, 0.4) is 0 Å². The molecule has 0 atom stereocenters. The number of hydrogen-bond acceptors (Lipinski definition) is 4. The Morgan fingerprint density at radius 1 is 1.18 bits per heavy atom. The standard InChI is InChI=1S/C14H20N2O4S2/c1-16(2)22(19,20)12-6-5-11-10-14(7-3-4-8-14)15-21(17,18)13(11)9-12/h5-6,9,15H,3-4,7-8,10H2,1-2H3. The van der Waals surface area contributed by atoms with Gasteiger partial charge in [-0.1, -0.05) is 18.9 Å². The van der Waals surface area contributed by atoms with E-state index in [1.807, 2.05) is 0 Å². The fourth-order valence-corrected chi connectivity index (χ4v) is 6.10. The molecule has 0 radical (unpaired) electrons. The third kappa shape index (κ3) is 2.47. The van der Waals surface area contributed by atoms with Crippen molar-refractivity contribution in [2.45, 2.75) is 47.4 Å². The summed E-state index contributed by atoms with van der Waals surface area (Å²) in [4.78, 5) is 0.0944. The number of fused-ring (bicyclic) bond motifs is 1. The number of nitrogens with zero attached hydrogens (tertiary/aromatic N) is 1. The van der Waals surface area contributed by atoms with Gasteiger partial charge in [-0.15, -0.1) is 0 Å². The van der Waals surface area contributed by atoms with Crippen LogP contribution in [0.5, 0.6) is 0 Å². The van der Waals surface area contributed by atoms with Crippen LogP contribution in [0.4, 0.5) is 0 Å². The van der Waals surface area contributed by atoms with Crippen LogP contribution < -0.4 is 4.72 Å². The molecule has 0 aromatic heterocycles. The SMILES string of the molecule is CN(C)S(=O)(=O)c1ccc2c(c1)S(=O)(=O)NC1(CCCC1)C2. The van der Waals surface area contributed by atoms with Crippen LogP contribution in [0, 0.1) is 0 Å². The van der Waals surface area contributed by atoms with Gasteiger partial charge in [-0.05, 0) is 37.0 Å². The number of benzene rings is 1. The highest BCUT2D eigenvalue weighted by molar-refractivity contribution is 7.90. The van der Waals surface area contributed by atoms with Gasteiger partial charge in [0.1, 0.15) is 0 Å². The minimum Gasteiger partial charge on any atom is -0.207 e. The lowest BCUT2D eigenvalue weighted by Crippen LogP contribution is -2.51. The highest BCUT2D eigenvalue weighted by Crippen LogP contribution is 2.39. The molecule has 3 rings (SSSR count). The molecule has 1 saturated carbocycles. The molecule has 1 aliphatic carbocycles. The molecule has 0 unspecified atom stereocenters. The van der Waals surface area contributed by atoms with Crippen LogP contribution in [-0.2, 0) is 26.5 Å². The Balaban J connectivity index is 2.11. The minimum atomic E-state index is -3.68. The van der Waals surface area contributed by atoms with Crippen molar-refractivity contribution in [1.29, 1.82) is 0 Å². The summed E-state index contributed by atoms with van der Waals surface area (Å²) in [6, 6.07) is 4.41. The fraction of sp³-hybridized carbons (Fsp3) is 0.571. The van der Waals surface area contributed by atoms with E-state index in [0.29, 0.717) is 12.0 Å². The quantitative estimate of drug-likeness (QED) is 0.870. The molecule has 1 heterocycles. The van der Waals surface area contributed by atoms with E-state index in [4.69, 9.17) is 0 Å². The van der Waals surface area contributed by atoms with Crippen molar-refractivity contribution in [3.8, 4) is 0 Å². The molecule has 1 fully saturated rings. The molecule has 6 nitrogen and oxygen atoms in total. The Kier molecular flexibility index (Phi) is 3.63. The topological polar surface area (TPSA) is 83.6 Å². The normalized spacial score (nSPS) is 22.9. The van der Waals surface area contributed by atoms with Crippen molar-refractivity contribution in [2.24, 2.45) is 0 Å². The zero-order chi connectivity index (χ0) is 16.2. The smallest absolute Gasteiger partial charge is 0.207 e. The average molecular weight is 344 g/mol. The minimum absolute atomic E-state index is 0.00370. The van der Waals surface area contributed by atoms with Crippen molar-refractivity contribution in [2.75, 3.05) is 14.1 Å². The maximum absolute atomic E-state index is 12.6. The maximum atomic E-state index is 12.6. The largest absolute Gasteiger partial charge is 0.242 e. The first-order valence-corrected chi connectivity index (χ1v) is 10.2. The van der Waals surface area contributed by atoms with Gasteiger partial charge in [0, 0.05) is 19.6 Å². The second-order valence-electron chi connectivity index (χ2n) is 6.33. The number of sulfonamides is 2. The summed E-state index contributed by atoms with van der Waals surface area (Å²) < 4.78 is 53.4. The van der Waals surface area contributed by atoms with E-state index >= 15 is 0 Å². The third-order valence-electron chi connectivity index (χ3n) is 4.55. The summed E-state index contributed by atoms with van der Waals surface area (Å²) in [5, 5.41) is 0. The first kappa shape index (κ1) is 15.9. The second-order valence-corrected chi connectivity index (χ2v) is 10.1. The zero-order valence-electron chi connectivity index (χ0n) is 12.7. The number of nitrogens with one attached hydrogen (secondary N) is 1. The van der Waals surface area contributed by atoms with E-state index in [9.17, 15) is 16.8 Å². The van der Waals surface area contributed by atoms with E-state index in [-0.39, 0.29) is 15.3 Å². The molecule has 1 spiro atoms. The van der Waals surface area contributed by atoms with Crippen molar-refractivity contribution < 1.29 is 16.8 Å². The van der Waals surface area contributed by atoms with Gasteiger partial charge >= 0.3 is 0 Å². The van der Waals surface area contributed by atoms with E-state index in [1.54, 1.807) is 6.07 Å². The van der Waals surface area contributed by atoms with Crippen molar-refractivity contribution >= 4 is 20.0 Å². The van der Waals surface area contributed by atoms with Gasteiger partial charge in [0.25, 0.3) is 0 Å². The summed E-state index contributed by atoms with van der Waals surface area (Å²) in [5.74, 6) is 0. The Labute approximate surface area is 131 Å². The molecule has 1 N–H and O–H groups in total. The third-order valence-corrected chi connectivity index (χ3v) is 8.02. The van der Waals surface area contributed by atoms with E-state index in [1.165, 1.54) is 26.2 Å². The van der Waals surface area contributed by atoms with Crippen LogP contribution in [0.1, 0.15) is 31.2 Å². The molecule has 1 aliphatic heterocycles. The summed E-state index contributed by atoms with van der Waals surface area (Å²) >= 11 is 0. The zero-order valence-corrected chi connectivity index (χ0v) is 14.3. The van der Waals surface area contributed by atoms with Crippen LogP contribution in [-0.4, -0.2) is 40.8 Å². The van der Waals surface area contributed by atoms with E-state index in [2.05, 4.69) is 4.72 Å². The Hall–Kier alpha value is -0.960. The summed E-state index contributed by atoms with van der Waals surface area (Å²) in [6.07, 6.45) is 4.34. The molecule has 1 aromatic rings. The molecular formula is C14H20N2O4S2. The fourth-order valence-electron chi connectivity index (χ4n) is 3.37. The van der Waals surface area contributed by atoms with Crippen LogP contribution >= 0.6 is 0 Å². The maximum Gasteiger partial charge on any atom is 0.242 e. The lowest BCUT2D eigenvalue weighted by atomic mass is 9.90. The van der Waals surface area contributed by atoms with Gasteiger partial charge in [0.05, 0.1) is 9.79 Å². The average Bonchev–Trinajstić information content (AvgIpc) is 2.84. The van der Waals surface area contributed by atoms with Crippen LogP contribution in [0.2, 0.25) is 0 Å². The lowest BCUT2D eigenvalue weighted by Gasteiger charge is -2.35. The van der Waals surface area contributed by atoms with Crippen LogP contribution in [0.25, 0.3) is 0 Å². The molecule has 0 saturated heterocycles. The van der Waals surface area contributed by atoms with E-state index in [0.717, 1.165) is 30.0 Å². The van der Waals surface area contributed by atoms with Gasteiger partial charge in [-0.25, -0.2) is 25.9 Å². The second kappa shape index (κ2) is 5.02. The highest BCUT2D eigenvalue weighted by atomic mass is 32.2. The lowest BCUT2D eigenvalue weighted by molar-refractivity contribution is 0.373. The first-order chi connectivity index (χ1) is 10.2. The van der Waals surface area contributed by atoms with Gasteiger partial charge < -0.3 is 0 Å².